The number of nitrogens with zero attached hydrogens (tertiary/aromatic N) is 9. The summed E-state index contributed by atoms with van der Waals surface area (Å²) in [5.74, 6) is 5.31. The van der Waals surface area contributed by atoms with E-state index in [1.807, 2.05) is 6.07 Å². The van der Waals surface area contributed by atoms with E-state index in [2.05, 4.69) is 259 Å². The van der Waals surface area contributed by atoms with E-state index in [1.54, 1.807) is 0 Å². The SMILES string of the molecule is c1ccc(-n2c3ccccc3c3ccc4c(nc5n(-c6cc7c8c(c6)Oc6ccc(-c9nc(-n%10c%11ccccc%11c%11ccccc%11%10)nc(-n%10c%11ccccc%11c%11ccccc%11%10)n9)cc6B8c6ccccc6O7)c6ccccc6n45)c32)cc1. The van der Waals surface area contributed by atoms with Gasteiger partial charge < -0.3 is 14.0 Å². The van der Waals surface area contributed by atoms with Crippen LogP contribution < -0.4 is 25.9 Å². The Bertz CT molecular complexity index is 5380. The van der Waals surface area contributed by atoms with Gasteiger partial charge in [0.2, 0.25) is 17.7 Å². The molecular formula is C70H40BN9O2. The third-order valence-electron chi connectivity index (χ3n) is 17.1. The van der Waals surface area contributed by atoms with E-state index in [0.717, 1.165) is 133 Å². The number of rotatable bonds is 5. The molecule has 0 bridgehead atoms. The van der Waals surface area contributed by atoms with Gasteiger partial charge in [-0.15, -0.1) is 0 Å². The molecule has 11 aromatic carbocycles. The van der Waals surface area contributed by atoms with Crippen molar-refractivity contribution in [3.63, 3.8) is 0 Å². The van der Waals surface area contributed by atoms with Crippen LogP contribution in [0.3, 0.4) is 0 Å². The summed E-state index contributed by atoms with van der Waals surface area (Å²) in [5, 5.41) is 6.82. The number of para-hydroxylation sites is 9. The maximum Gasteiger partial charge on any atom is 0.260 e. The molecule has 19 rings (SSSR count). The first kappa shape index (κ1) is 43.7. The summed E-state index contributed by atoms with van der Waals surface area (Å²) in [5.41, 5.74) is 16.0. The highest BCUT2D eigenvalue weighted by atomic mass is 16.5. The Balaban J connectivity index is 0.815. The largest absolute Gasteiger partial charge is 0.458 e. The van der Waals surface area contributed by atoms with E-state index >= 15 is 0 Å². The number of aromatic nitrogens is 9. The molecule has 2 aliphatic rings. The average Bonchev–Trinajstić information content (AvgIpc) is 2.06. The summed E-state index contributed by atoms with van der Waals surface area (Å²) in [6, 6.07) is 85.1. The van der Waals surface area contributed by atoms with Gasteiger partial charge in [0.15, 0.2) is 5.82 Å². The molecule has 0 aliphatic carbocycles. The molecule has 12 heteroatoms. The lowest BCUT2D eigenvalue weighted by Crippen LogP contribution is -2.57. The topological polar surface area (TPSA) is 94.2 Å². The van der Waals surface area contributed by atoms with Gasteiger partial charge in [0.05, 0.1) is 55.3 Å². The molecule has 0 radical (unpaired) electrons. The minimum atomic E-state index is -0.244. The van der Waals surface area contributed by atoms with Gasteiger partial charge >= 0.3 is 0 Å². The zero-order valence-corrected chi connectivity index (χ0v) is 43.5. The molecule has 0 amide bonds. The molecule has 0 fully saturated rings. The van der Waals surface area contributed by atoms with Crippen molar-refractivity contribution in [3.8, 4) is 57.7 Å². The minimum absolute atomic E-state index is 0.244. The van der Waals surface area contributed by atoms with Crippen LogP contribution in [0.25, 0.3) is 128 Å². The number of hydrogen-bond donors (Lipinski definition) is 0. The van der Waals surface area contributed by atoms with Gasteiger partial charge in [-0.1, -0.05) is 146 Å². The molecule has 0 saturated heterocycles. The smallest absolute Gasteiger partial charge is 0.260 e. The van der Waals surface area contributed by atoms with Gasteiger partial charge in [-0.05, 0) is 95.9 Å². The highest BCUT2D eigenvalue weighted by Crippen LogP contribution is 2.43. The predicted molar refractivity (Wildman–Crippen MR) is 329 cm³/mol. The number of fused-ring (bicyclic) bond motifs is 19. The van der Waals surface area contributed by atoms with Crippen LogP contribution in [0.5, 0.6) is 23.0 Å². The van der Waals surface area contributed by atoms with E-state index in [0.29, 0.717) is 29.2 Å². The van der Waals surface area contributed by atoms with Crippen LogP contribution in [0.15, 0.2) is 243 Å². The van der Waals surface area contributed by atoms with Crippen LogP contribution in [-0.4, -0.2) is 49.3 Å². The molecule has 82 heavy (non-hydrogen) atoms. The van der Waals surface area contributed by atoms with Crippen molar-refractivity contribution in [1.82, 2.24) is 42.6 Å². The predicted octanol–water partition coefficient (Wildman–Crippen LogP) is 14.3. The molecule has 11 nitrogen and oxygen atoms in total. The van der Waals surface area contributed by atoms with Crippen LogP contribution >= 0.6 is 0 Å². The van der Waals surface area contributed by atoms with Crippen molar-refractivity contribution in [3.05, 3.63) is 243 Å². The zero-order valence-electron chi connectivity index (χ0n) is 43.5. The second-order valence-corrected chi connectivity index (χ2v) is 21.4. The molecule has 380 valence electrons. The Labute approximate surface area is 466 Å². The second-order valence-electron chi connectivity index (χ2n) is 21.4. The molecule has 0 atom stereocenters. The van der Waals surface area contributed by atoms with Gasteiger partial charge in [0.25, 0.3) is 6.71 Å². The van der Waals surface area contributed by atoms with Crippen LogP contribution in [0, 0.1) is 0 Å². The fourth-order valence-electron chi connectivity index (χ4n) is 13.7. The lowest BCUT2D eigenvalue weighted by atomic mass is 9.34. The summed E-state index contributed by atoms with van der Waals surface area (Å²) < 4.78 is 25.4. The highest BCUT2D eigenvalue weighted by molar-refractivity contribution is 6.98. The van der Waals surface area contributed by atoms with Gasteiger partial charge in [-0.3, -0.25) is 18.1 Å². The Kier molecular flexibility index (Phi) is 8.63. The monoisotopic (exact) mass is 1050 g/mol. The Hall–Kier alpha value is -11.2. The molecule has 0 N–H and O–H groups in total. The van der Waals surface area contributed by atoms with Gasteiger partial charge in [-0.25, -0.2) is 4.98 Å². The van der Waals surface area contributed by atoms with Gasteiger partial charge in [0.1, 0.15) is 28.5 Å². The van der Waals surface area contributed by atoms with E-state index < -0.39 is 0 Å². The summed E-state index contributed by atoms with van der Waals surface area (Å²) in [4.78, 5) is 21.9. The van der Waals surface area contributed by atoms with Crippen LogP contribution in [0.4, 0.5) is 0 Å². The standard InChI is InChI=1S/C70H40BN9O2/c1-2-18-42(19-3-1)76-52-26-10-8-24-48(52)49-35-36-59-65(66(49)76)72-70-77(57-31-15-16-32-58(57)80(59)70)43-39-62-64-63(40-43)82-61-37-34-41(38-51(61)71(64)50-25-9-17-33-60(50)81-62)67-73-68(78-53-27-11-4-20-44(53)45-21-5-12-28-54(45)78)75-69(74-67)79-55-29-13-6-22-46(55)47-23-7-14-30-56(47)79/h1-40H. The van der Waals surface area contributed by atoms with E-state index in [4.69, 9.17) is 29.4 Å². The molecule has 8 heterocycles. The third-order valence-corrected chi connectivity index (χ3v) is 17.1. The van der Waals surface area contributed by atoms with Crippen molar-refractivity contribution >= 4 is 116 Å². The molecular weight excluding hydrogens is 1010 g/mol. The van der Waals surface area contributed by atoms with Crippen molar-refractivity contribution in [1.29, 1.82) is 0 Å². The zero-order chi connectivity index (χ0) is 53.3. The van der Waals surface area contributed by atoms with E-state index in [1.165, 1.54) is 5.39 Å². The van der Waals surface area contributed by atoms with E-state index in [9.17, 15) is 0 Å². The highest BCUT2D eigenvalue weighted by Gasteiger charge is 2.41. The molecule has 0 unspecified atom stereocenters. The van der Waals surface area contributed by atoms with Crippen molar-refractivity contribution < 1.29 is 9.47 Å². The number of benzene rings is 11. The van der Waals surface area contributed by atoms with Crippen LogP contribution in [0.2, 0.25) is 0 Å². The summed E-state index contributed by atoms with van der Waals surface area (Å²) in [6.45, 7) is -0.244. The quantitative estimate of drug-likeness (QED) is 0.159. The van der Waals surface area contributed by atoms with Crippen LogP contribution in [0.1, 0.15) is 0 Å². The van der Waals surface area contributed by atoms with Gasteiger partial charge in [0, 0.05) is 61.2 Å². The summed E-state index contributed by atoms with van der Waals surface area (Å²) >= 11 is 0. The number of hydrogen-bond acceptors (Lipinski definition) is 6. The van der Waals surface area contributed by atoms with E-state index in [-0.39, 0.29) is 6.71 Å². The van der Waals surface area contributed by atoms with Crippen molar-refractivity contribution in [2.75, 3.05) is 0 Å². The maximum absolute atomic E-state index is 7.18. The fraction of sp³-hybridized carbons (Fsp3) is 0. The Morgan fingerprint density at radius 2 is 0.817 bits per heavy atom. The van der Waals surface area contributed by atoms with Crippen molar-refractivity contribution in [2.45, 2.75) is 0 Å². The second kappa shape index (κ2) is 16.2. The number of imidazole rings is 2. The fourth-order valence-corrected chi connectivity index (χ4v) is 13.7. The molecule has 17 aromatic rings. The first-order valence-corrected chi connectivity index (χ1v) is 27.6. The van der Waals surface area contributed by atoms with Crippen LogP contribution in [-0.2, 0) is 0 Å². The first-order chi connectivity index (χ1) is 40.7. The van der Waals surface area contributed by atoms with Crippen molar-refractivity contribution in [2.24, 2.45) is 0 Å². The third kappa shape index (κ3) is 5.88. The molecule has 0 saturated carbocycles. The van der Waals surface area contributed by atoms with Gasteiger partial charge in [-0.2, -0.15) is 15.0 Å². The summed E-state index contributed by atoms with van der Waals surface area (Å²) in [7, 11) is 0. The minimum Gasteiger partial charge on any atom is -0.458 e. The lowest BCUT2D eigenvalue weighted by molar-refractivity contribution is 0.464. The lowest BCUT2D eigenvalue weighted by Gasteiger charge is -2.33. The normalized spacial score (nSPS) is 12.8. The number of ether oxygens (including phenoxy) is 2. The Morgan fingerprint density at radius 1 is 0.317 bits per heavy atom. The first-order valence-electron chi connectivity index (χ1n) is 27.6. The molecule has 6 aromatic heterocycles. The average molecular weight is 1050 g/mol. The molecule has 2 aliphatic heterocycles. The Morgan fingerprint density at radius 3 is 1.43 bits per heavy atom. The summed E-state index contributed by atoms with van der Waals surface area (Å²) in [6.07, 6.45) is 0. The maximum atomic E-state index is 7.18. The molecule has 0 spiro atoms.